The zero-order valence-corrected chi connectivity index (χ0v) is 16.5. The van der Waals surface area contributed by atoms with Gasteiger partial charge in [0.1, 0.15) is 15.5 Å². The minimum Gasteiger partial charge on any atom is -0.497 e. The highest BCUT2D eigenvalue weighted by Crippen LogP contribution is 2.23. The summed E-state index contributed by atoms with van der Waals surface area (Å²) in [4.78, 5) is -1.77. The van der Waals surface area contributed by atoms with E-state index in [9.17, 15) is 25.3 Å². The van der Waals surface area contributed by atoms with Crippen LogP contribution in [0.25, 0.3) is 0 Å². The van der Waals surface area contributed by atoms with Crippen LogP contribution >= 0.6 is 0 Å². The van der Waals surface area contributed by atoms with Crippen molar-refractivity contribution in [2.75, 3.05) is 18.6 Å². The van der Waals surface area contributed by atoms with E-state index >= 15 is 0 Å². The lowest BCUT2D eigenvalue weighted by molar-refractivity contribution is 0.412. The van der Waals surface area contributed by atoms with Gasteiger partial charge < -0.3 is 16.2 Å². The Morgan fingerprint density at radius 2 is 1.14 bits per heavy atom. The van der Waals surface area contributed by atoms with Crippen LogP contribution in [-0.2, 0) is 30.4 Å². The van der Waals surface area contributed by atoms with Crippen LogP contribution in [0.2, 0.25) is 0 Å². The minimum absolute atomic E-state index is 0.0108. The van der Waals surface area contributed by atoms with Gasteiger partial charge in [0.05, 0.1) is 23.4 Å². The fourth-order valence-electron chi connectivity index (χ4n) is 1.76. The Balaban J connectivity index is 0.000000283. The van der Waals surface area contributed by atoms with Gasteiger partial charge in [-0.3, -0.25) is 13.7 Å². The molecule has 0 amide bonds. The summed E-state index contributed by atoms with van der Waals surface area (Å²) in [7, 11) is -12.0. The van der Waals surface area contributed by atoms with Crippen molar-refractivity contribution in [3.63, 3.8) is 0 Å². The van der Waals surface area contributed by atoms with Crippen molar-refractivity contribution in [2.45, 2.75) is 14.7 Å². The number of rotatable bonds is 4. The lowest BCUT2D eigenvalue weighted by atomic mass is 10.3. The maximum atomic E-state index is 10.7. The number of methoxy groups -OCH3 is 1. The normalized spacial score (nSPS) is 12.0. The van der Waals surface area contributed by atoms with E-state index in [-0.39, 0.29) is 16.3 Å². The van der Waals surface area contributed by atoms with Crippen LogP contribution in [0.5, 0.6) is 5.75 Å². The van der Waals surface area contributed by atoms with Crippen molar-refractivity contribution < 1.29 is 43.6 Å². The summed E-state index contributed by atoms with van der Waals surface area (Å²) in [5.41, 5.74) is 10.2. The van der Waals surface area contributed by atoms with E-state index in [0.717, 1.165) is 18.2 Å². The fourth-order valence-corrected chi connectivity index (χ4v) is 3.62. The quantitative estimate of drug-likeness (QED) is 0.309. The zero-order chi connectivity index (χ0) is 21.9. The second-order valence-electron chi connectivity index (χ2n) is 5.03. The highest BCUT2D eigenvalue weighted by molar-refractivity contribution is 7.86. The van der Waals surface area contributed by atoms with Gasteiger partial charge in [0.2, 0.25) is 0 Å². The summed E-state index contributed by atoms with van der Waals surface area (Å²) in [6.45, 7) is 0. The van der Waals surface area contributed by atoms with Gasteiger partial charge in [0, 0.05) is 6.07 Å². The molecule has 0 aliphatic rings. The average Bonchev–Trinajstić information content (AvgIpc) is 2.53. The van der Waals surface area contributed by atoms with Crippen molar-refractivity contribution >= 4 is 41.7 Å². The largest absolute Gasteiger partial charge is 0.497 e. The molecule has 0 aliphatic heterocycles. The molecule has 2 rings (SSSR count). The third-order valence-electron chi connectivity index (χ3n) is 3.06. The smallest absolute Gasteiger partial charge is 0.296 e. The Morgan fingerprint density at radius 3 is 1.54 bits per heavy atom. The molecule has 0 radical (unpaired) electrons. The molecule has 28 heavy (non-hydrogen) atoms. The first-order valence-corrected chi connectivity index (χ1v) is 11.1. The Bertz CT molecular complexity index is 1190. The van der Waals surface area contributed by atoms with Gasteiger partial charge in [-0.2, -0.15) is 25.3 Å². The Hall–Kier alpha value is -2.43. The highest BCUT2D eigenvalue weighted by Gasteiger charge is 2.18. The van der Waals surface area contributed by atoms with Gasteiger partial charge in [-0.05, 0) is 30.3 Å². The van der Waals surface area contributed by atoms with Crippen LogP contribution in [0.3, 0.4) is 0 Å². The van der Waals surface area contributed by atoms with Gasteiger partial charge in [0.25, 0.3) is 30.4 Å². The van der Waals surface area contributed by atoms with E-state index in [1.807, 2.05) is 0 Å². The molecule has 0 heterocycles. The summed E-state index contributed by atoms with van der Waals surface area (Å²) < 4.78 is 95.1. The second-order valence-corrected chi connectivity index (χ2v) is 9.23. The number of hydrogen-bond donors (Lipinski definition) is 5. The molecule has 15 heteroatoms. The molecule has 0 atom stereocenters. The van der Waals surface area contributed by atoms with Gasteiger partial charge >= 0.3 is 0 Å². The van der Waals surface area contributed by atoms with E-state index in [1.165, 1.54) is 19.2 Å². The molecule has 2 aromatic carbocycles. The molecule has 0 aliphatic carbocycles. The van der Waals surface area contributed by atoms with Gasteiger partial charge in [-0.15, -0.1) is 0 Å². The van der Waals surface area contributed by atoms with Crippen molar-refractivity contribution in [2.24, 2.45) is 0 Å². The predicted molar refractivity (Wildman–Crippen MR) is 97.7 cm³/mol. The molecule has 0 unspecified atom stereocenters. The van der Waals surface area contributed by atoms with E-state index in [0.29, 0.717) is 11.8 Å². The molecular formula is C13H16N2O10S3. The molecule has 0 saturated carbocycles. The van der Waals surface area contributed by atoms with Crippen LogP contribution in [0.1, 0.15) is 0 Å². The van der Waals surface area contributed by atoms with Crippen LogP contribution in [-0.4, -0.2) is 46.0 Å². The monoisotopic (exact) mass is 456 g/mol. The Labute approximate surface area is 161 Å². The van der Waals surface area contributed by atoms with E-state index in [2.05, 4.69) is 0 Å². The molecule has 0 saturated heterocycles. The number of benzene rings is 2. The average molecular weight is 456 g/mol. The number of hydrogen-bond acceptors (Lipinski definition) is 9. The van der Waals surface area contributed by atoms with Crippen molar-refractivity contribution in [3.05, 3.63) is 36.4 Å². The number of nitrogen functional groups attached to an aromatic ring is 2. The van der Waals surface area contributed by atoms with Crippen molar-refractivity contribution in [3.8, 4) is 5.75 Å². The highest BCUT2D eigenvalue weighted by atomic mass is 32.2. The summed E-state index contributed by atoms with van der Waals surface area (Å²) in [6, 6.07) is 6.45. The lowest BCUT2D eigenvalue weighted by Gasteiger charge is -2.04. The first kappa shape index (κ1) is 23.6. The van der Waals surface area contributed by atoms with Crippen molar-refractivity contribution in [1.82, 2.24) is 0 Å². The van der Waals surface area contributed by atoms with E-state index in [4.69, 9.17) is 29.9 Å². The lowest BCUT2D eigenvalue weighted by Crippen LogP contribution is -2.06. The first-order valence-electron chi connectivity index (χ1n) is 6.83. The summed E-state index contributed by atoms with van der Waals surface area (Å²) >= 11 is 0. The Kier molecular flexibility index (Phi) is 6.99. The number of nitrogens with two attached hydrogens (primary N) is 2. The molecule has 2 aromatic rings. The maximum Gasteiger partial charge on any atom is 0.296 e. The second kappa shape index (κ2) is 8.29. The molecule has 0 fully saturated rings. The fraction of sp³-hybridized carbons (Fsp3) is 0.0769. The summed E-state index contributed by atoms with van der Waals surface area (Å²) in [5.74, 6) is 0.321. The zero-order valence-electron chi connectivity index (χ0n) is 14.0. The standard InChI is InChI=1S/C7H9NO4S.C6H7NO6S2/c1-12-5-2-3-6(8)7(4-5)13(9,10)11;7-5-2-1-4(14(8,9)10)3-6(5)15(11,12)13/h2-4H,8H2,1H3,(H,9,10,11);1-3H,7H2,(H,8,9,10)(H,11,12,13). The van der Waals surface area contributed by atoms with Crippen LogP contribution in [0.4, 0.5) is 11.4 Å². The molecule has 12 nitrogen and oxygen atoms in total. The van der Waals surface area contributed by atoms with E-state index < -0.39 is 40.1 Å². The minimum atomic E-state index is -4.62. The van der Waals surface area contributed by atoms with Gasteiger partial charge in [0.15, 0.2) is 0 Å². The number of ether oxygens (including phenoxy) is 1. The molecule has 7 N–H and O–H groups in total. The molecule has 156 valence electrons. The van der Waals surface area contributed by atoms with Gasteiger partial charge in [-0.1, -0.05) is 0 Å². The topological polar surface area (TPSA) is 224 Å². The summed E-state index contributed by atoms with van der Waals surface area (Å²) in [6.07, 6.45) is 0. The predicted octanol–water partition coefficient (Wildman–Crippen LogP) is 0.286. The third kappa shape index (κ3) is 6.32. The van der Waals surface area contributed by atoms with Crippen LogP contribution < -0.4 is 16.2 Å². The number of anilines is 2. The first-order chi connectivity index (χ1) is 12.6. The molecule has 0 bridgehead atoms. The SMILES string of the molecule is COc1ccc(N)c(S(=O)(=O)O)c1.Nc1ccc(S(=O)(=O)O)cc1S(=O)(=O)O. The van der Waals surface area contributed by atoms with Crippen LogP contribution in [0.15, 0.2) is 51.1 Å². The maximum absolute atomic E-state index is 10.7. The molecular weight excluding hydrogens is 440 g/mol. The van der Waals surface area contributed by atoms with Crippen LogP contribution in [0, 0.1) is 0 Å². The van der Waals surface area contributed by atoms with Crippen molar-refractivity contribution in [1.29, 1.82) is 0 Å². The third-order valence-corrected chi connectivity index (χ3v) is 5.73. The summed E-state index contributed by atoms with van der Waals surface area (Å²) in [5, 5.41) is 0. The molecule has 0 spiro atoms. The van der Waals surface area contributed by atoms with Gasteiger partial charge in [-0.25, -0.2) is 0 Å². The van der Waals surface area contributed by atoms with E-state index in [1.54, 1.807) is 0 Å². The molecule has 0 aromatic heterocycles. The Morgan fingerprint density at radius 1 is 0.714 bits per heavy atom.